The third kappa shape index (κ3) is 5.29. The van der Waals surface area contributed by atoms with E-state index in [-0.39, 0.29) is 23.9 Å². The Hall–Kier alpha value is -4.11. The van der Waals surface area contributed by atoms with E-state index < -0.39 is 6.23 Å². The molecule has 0 saturated heterocycles. The Morgan fingerprint density at radius 3 is 2.19 bits per heavy atom. The van der Waals surface area contributed by atoms with Crippen LogP contribution < -0.4 is 14.8 Å². The van der Waals surface area contributed by atoms with Crippen LogP contribution in [0.5, 0.6) is 11.5 Å². The largest absolute Gasteiger partial charge is 0.493 e. The number of nitrogens with one attached hydrogen (secondary N) is 1. The normalized spacial score (nSPS) is 22.4. The molecule has 2 N–H and O–H groups in total. The van der Waals surface area contributed by atoms with Crippen molar-refractivity contribution >= 4 is 29.4 Å². The van der Waals surface area contributed by atoms with Gasteiger partial charge in [0.15, 0.2) is 0 Å². The van der Waals surface area contributed by atoms with Crippen molar-refractivity contribution in [3.8, 4) is 11.5 Å². The molecule has 9 heteroatoms. The summed E-state index contributed by atoms with van der Waals surface area (Å²) in [7, 11) is 0. The fourth-order valence-electron chi connectivity index (χ4n) is 6.13. The topological polar surface area (TPSA) is 104 Å². The first-order chi connectivity index (χ1) is 20.2. The van der Waals surface area contributed by atoms with Crippen molar-refractivity contribution in [3.05, 3.63) is 70.1 Å². The number of benzene rings is 2. The third-order valence-corrected chi connectivity index (χ3v) is 8.39. The van der Waals surface area contributed by atoms with Crippen molar-refractivity contribution in [1.29, 1.82) is 0 Å². The van der Waals surface area contributed by atoms with E-state index in [0.29, 0.717) is 47.9 Å². The minimum Gasteiger partial charge on any atom is -0.493 e. The molecule has 0 saturated carbocycles. The van der Waals surface area contributed by atoms with Crippen molar-refractivity contribution in [3.63, 3.8) is 0 Å². The average molecular weight is 571 g/mol. The maximum Gasteiger partial charge on any atom is 0.260 e. The fraction of sp³-hybridized carbons (Fsp3) is 0.424. The van der Waals surface area contributed by atoms with Crippen LogP contribution in [-0.4, -0.2) is 64.5 Å². The van der Waals surface area contributed by atoms with Crippen LogP contribution in [0.25, 0.3) is 0 Å². The predicted molar refractivity (Wildman–Crippen MR) is 162 cm³/mol. The summed E-state index contributed by atoms with van der Waals surface area (Å²) in [6.07, 6.45) is 8.86. The molecule has 4 heterocycles. The molecule has 0 spiro atoms. The number of carbonyl (C=O) groups is 2. The van der Waals surface area contributed by atoms with Crippen LogP contribution in [0, 0.1) is 13.8 Å². The van der Waals surface area contributed by atoms with Gasteiger partial charge < -0.3 is 29.7 Å². The van der Waals surface area contributed by atoms with Crippen LogP contribution >= 0.6 is 0 Å². The van der Waals surface area contributed by atoms with Crippen LogP contribution in [0.15, 0.2) is 52.8 Å². The van der Waals surface area contributed by atoms with Gasteiger partial charge in [0.2, 0.25) is 0 Å². The van der Waals surface area contributed by atoms with Crippen molar-refractivity contribution < 1.29 is 24.2 Å². The van der Waals surface area contributed by atoms with Crippen molar-refractivity contribution in [1.82, 2.24) is 9.80 Å². The molecule has 6 rings (SSSR count). The second kappa shape index (κ2) is 11.3. The summed E-state index contributed by atoms with van der Waals surface area (Å²) in [6, 6.07) is 7.10. The molecule has 0 aromatic heterocycles. The lowest BCUT2D eigenvalue weighted by atomic mass is 10.1. The molecule has 0 bridgehead atoms. The molecule has 9 nitrogen and oxygen atoms in total. The number of carbonyl (C=O) groups excluding carboxylic acids is 2. The smallest absolute Gasteiger partial charge is 0.260 e. The summed E-state index contributed by atoms with van der Waals surface area (Å²) in [5.74, 6) is 1.32. The van der Waals surface area contributed by atoms with Gasteiger partial charge in [-0.25, -0.2) is 0 Å². The number of nitrogens with zero attached hydrogens (tertiary/aromatic N) is 3. The second-order valence-corrected chi connectivity index (χ2v) is 11.8. The van der Waals surface area contributed by atoms with Gasteiger partial charge in [0, 0.05) is 30.7 Å². The van der Waals surface area contributed by atoms with Gasteiger partial charge in [-0.2, -0.15) is 0 Å². The number of aliphatic hydroxyl groups is 1. The number of ether oxygens (including phenoxy) is 2. The van der Waals surface area contributed by atoms with E-state index in [0.717, 1.165) is 48.1 Å². The summed E-state index contributed by atoms with van der Waals surface area (Å²) in [4.78, 5) is 34.3. The lowest BCUT2D eigenvalue weighted by Gasteiger charge is -2.24. The van der Waals surface area contributed by atoms with Crippen molar-refractivity contribution in [2.75, 3.05) is 18.5 Å². The quantitative estimate of drug-likeness (QED) is 0.399. The lowest BCUT2D eigenvalue weighted by Crippen LogP contribution is -2.42. The Kier molecular flexibility index (Phi) is 7.53. The number of rotatable bonds is 8. The zero-order valence-electron chi connectivity index (χ0n) is 24.6. The van der Waals surface area contributed by atoms with E-state index in [9.17, 15) is 14.7 Å². The van der Waals surface area contributed by atoms with E-state index in [1.807, 2.05) is 70.6 Å². The van der Waals surface area contributed by atoms with E-state index >= 15 is 0 Å². The van der Waals surface area contributed by atoms with Gasteiger partial charge in [-0.05, 0) is 83.1 Å². The highest BCUT2D eigenvalue weighted by Gasteiger charge is 2.38. The van der Waals surface area contributed by atoms with Crippen LogP contribution in [-0.2, 0) is 0 Å². The Labute approximate surface area is 246 Å². The highest BCUT2D eigenvalue weighted by atomic mass is 16.5. The molecule has 4 aliphatic heterocycles. The summed E-state index contributed by atoms with van der Waals surface area (Å²) in [6.45, 7) is 8.99. The molecule has 2 aromatic carbocycles. The standard InChI is InChI=1S/C33H38N4O5/c1-19-10-23-16-34-26-14-29(21(3)12-24(26)32(39)36(23)17-19)41-8-6-5-7-9-42-30-15-27-25(13-22(30)4)33(40)37-18-20(2)11-28(37)31(38)35-27/h12-18,23,28,31,35,38H,5-11H2,1-4H3/t23-,28-,31?/m0/s1. The van der Waals surface area contributed by atoms with Crippen LogP contribution in [0.2, 0.25) is 0 Å². The number of aryl methyl sites for hydroxylation is 2. The van der Waals surface area contributed by atoms with Gasteiger partial charge in [-0.1, -0.05) is 11.1 Å². The molecule has 0 radical (unpaired) electrons. The van der Waals surface area contributed by atoms with Gasteiger partial charge >= 0.3 is 0 Å². The first-order valence-corrected chi connectivity index (χ1v) is 14.7. The van der Waals surface area contributed by atoms with Crippen LogP contribution in [0.3, 0.4) is 0 Å². The van der Waals surface area contributed by atoms with Gasteiger partial charge in [0.1, 0.15) is 17.7 Å². The summed E-state index contributed by atoms with van der Waals surface area (Å²) >= 11 is 0. The zero-order chi connectivity index (χ0) is 29.5. The molecular weight excluding hydrogens is 532 g/mol. The fourth-order valence-corrected chi connectivity index (χ4v) is 6.13. The molecule has 2 amide bonds. The number of unbranched alkanes of at least 4 members (excludes halogenated alkanes) is 2. The first kappa shape index (κ1) is 28.0. The second-order valence-electron chi connectivity index (χ2n) is 11.8. The number of amides is 2. The maximum atomic E-state index is 13.2. The van der Waals surface area contributed by atoms with Gasteiger partial charge in [-0.3, -0.25) is 14.6 Å². The molecule has 220 valence electrons. The van der Waals surface area contributed by atoms with E-state index in [2.05, 4.69) is 10.3 Å². The van der Waals surface area contributed by atoms with Crippen LogP contribution in [0.4, 0.5) is 11.4 Å². The Bertz CT molecular complexity index is 1530. The number of fused-ring (bicyclic) bond motifs is 4. The van der Waals surface area contributed by atoms with E-state index in [1.54, 1.807) is 9.80 Å². The zero-order valence-corrected chi connectivity index (χ0v) is 24.6. The van der Waals surface area contributed by atoms with Crippen molar-refractivity contribution in [2.24, 2.45) is 4.99 Å². The average Bonchev–Trinajstić information content (AvgIpc) is 3.49. The van der Waals surface area contributed by atoms with Gasteiger partial charge in [-0.15, -0.1) is 0 Å². The summed E-state index contributed by atoms with van der Waals surface area (Å²) in [5.41, 5.74) is 6.45. The molecule has 0 aliphatic carbocycles. The van der Waals surface area contributed by atoms with E-state index in [1.165, 1.54) is 5.57 Å². The Morgan fingerprint density at radius 1 is 0.833 bits per heavy atom. The summed E-state index contributed by atoms with van der Waals surface area (Å²) < 4.78 is 12.2. The number of aliphatic hydroxyl groups excluding tert-OH is 1. The maximum absolute atomic E-state index is 13.2. The Morgan fingerprint density at radius 2 is 1.45 bits per heavy atom. The number of aliphatic imine (C=N–C) groups is 1. The molecule has 4 aliphatic rings. The summed E-state index contributed by atoms with van der Waals surface area (Å²) in [5, 5.41) is 13.8. The first-order valence-electron chi connectivity index (χ1n) is 14.7. The molecule has 1 unspecified atom stereocenters. The molecule has 0 fully saturated rings. The lowest BCUT2D eigenvalue weighted by molar-refractivity contribution is 0.0643. The van der Waals surface area contributed by atoms with Crippen molar-refractivity contribution in [2.45, 2.75) is 78.1 Å². The number of hydrogen-bond donors (Lipinski definition) is 2. The van der Waals surface area contributed by atoms with Gasteiger partial charge in [0.05, 0.1) is 47.8 Å². The highest BCUT2D eigenvalue weighted by Crippen LogP contribution is 2.36. The molecule has 2 aromatic rings. The SMILES string of the molecule is CC1=CN2C(=O)c3cc(C)c(OCCCCCOc4cc5c(cc4C)C(=O)N4C=C(C)C[C@H]4C(O)N5)cc3N=C[C@@H]2C1. The van der Waals surface area contributed by atoms with Crippen LogP contribution in [0.1, 0.15) is 77.8 Å². The number of hydrogen-bond acceptors (Lipinski definition) is 7. The minimum atomic E-state index is -0.853. The molecular formula is C33H38N4O5. The molecule has 3 atom stereocenters. The molecule has 42 heavy (non-hydrogen) atoms. The monoisotopic (exact) mass is 570 g/mol. The predicted octanol–water partition coefficient (Wildman–Crippen LogP) is 5.63. The Balaban J connectivity index is 0.998. The number of anilines is 1. The third-order valence-electron chi connectivity index (χ3n) is 8.39. The van der Waals surface area contributed by atoms with E-state index in [4.69, 9.17) is 9.47 Å². The minimum absolute atomic E-state index is 0.0174. The highest BCUT2D eigenvalue weighted by molar-refractivity contribution is 6.04. The van der Waals surface area contributed by atoms with Gasteiger partial charge in [0.25, 0.3) is 11.8 Å².